The summed E-state index contributed by atoms with van der Waals surface area (Å²) in [6, 6.07) is 6.72. The fourth-order valence-corrected chi connectivity index (χ4v) is 2.06. The first-order valence-corrected chi connectivity index (χ1v) is 6.72. The summed E-state index contributed by atoms with van der Waals surface area (Å²) in [4.78, 5) is 36.9. The molecule has 1 aliphatic heterocycles. The topological polar surface area (TPSA) is 66.5 Å². The van der Waals surface area contributed by atoms with E-state index in [1.807, 2.05) is 13.8 Å². The molecule has 0 saturated heterocycles. The van der Waals surface area contributed by atoms with E-state index in [4.69, 9.17) is 0 Å². The van der Waals surface area contributed by atoms with Crippen LogP contribution >= 0.6 is 0 Å². The number of nitrogens with one attached hydrogen (secondary N) is 1. The van der Waals surface area contributed by atoms with Crippen LogP contribution in [0.3, 0.4) is 0 Å². The van der Waals surface area contributed by atoms with Gasteiger partial charge in [0.25, 0.3) is 11.8 Å². The molecule has 1 heterocycles. The Kier molecular flexibility index (Phi) is 4.17. The first-order valence-electron chi connectivity index (χ1n) is 6.72. The van der Waals surface area contributed by atoms with Gasteiger partial charge in [-0.1, -0.05) is 26.0 Å². The molecule has 0 atom stereocenters. The molecule has 5 heteroatoms. The molecule has 2 rings (SSSR count). The van der Waals surface area contributed by atoms with Gasteiger partial charge in [-0.05, 0) is 18.1 Å². The second-order valence-electron chi connectivity index (χ2n) is 5.26. The predicted molar refractivity (Wildman–Crippen MR) is 74.3 cm³/mol. The molecule has 1 aliphatic rings. The van der Waals surface area contributed by atoms with Crippen molar-refractivity contribution >= 4 is 17.7 Å². The van der Waals surface area contributed by atoms with Gasteiger partial charge in [-0.3, -0.25) is 19.3 Å². The Hall–Kier alpha value is -2.17. The van der Waals surface area contributed by atoms with Crippen molar-refractivity contribution in [2.75, 3.05) is 13.1 Å². The van der Waals surface area contributed by atoms with Crippen molar-refractivity contribution in [3.63, 3.8) is 0 Å². The Morgan fingerprint density at radius 1 is 1.15 bits per heavy atom. The Bertz CT molecular complexity index is 517. The van der Waals surface area contributed by atoms with Crippen LogP contribution in [0.1, 0.15) is 41.0 Å². The molecule has 0 aliphatic carbocycles. The number of rotatable bonds is 5. The van der Waals surface area contributed by atoms with Crippen molar-refractivity contribution in [2.45, 2.75) is 20.3 Å². The van der Waals surface area contributed by atoms with E-state index in [0.717, 1.165) is 4.90 Å². The highest BCUT2D eigenvalue weighted by Crippen LogP contribution is 2.22. The molecule has 5 nitrogen and oxygen atoms in total. The first kappa shape index (κ1) is 14.2. The molecule has 0 unspecified atom stereocenters. The summed E-state index contributed by atoms with van der Waals surface area (Å²) in [5, 5.41) is 2.77. The Morgan fingerprint density at radius 3 is 2.20 bits per heavy atom. The normalized spacial score (nSPS) is 13.8. The van der Waals surface area contributed by atoms with Crippen LogP contribution < -0.4 is 5.32 Å². The highest BCUT2D eigenvalue weighted by molar-refractivity contribution is 6.21. The van der Waals surface area contributed by atoms with E-state index in [0.29, 0.717) is 23.6 Å². The third-order valence-electron chi connectivity index (χ3n) is 3.15. The van der Waals surface area contributed by atoms with Crippen molar-refractivity contribution in [3.8, 4) is 0 Å². The van der Waals surface area contributed by atoms with Gasteiger partial charge in [0, 0.05) is 19.5 Å². The van der Waals surface area contributed by atoms with Crippen LogP contribution in [-0.4, -0.2) is 35.7 Å². The third kappa shape index (κ3) is 2.87. The molecular formula is C15H18N2O3. The maximum absolute atomic E-state index is 12.1. The van der Waals surface area contributed by atoms with Gasteiger partial charge in [-0.2, -0.15) is 0 Å². The second kappa shape index (κ2) is 5.86. The Morgan fingerprint density at radius 2 is 1.70 bits per heavy atom. The van der Waals surface area contributed by atoms with Crippen LogP contribution in [0.15, 0.2) is 24.3 Å². The van der Waals surface area contributed by atoms with Crippen LogP contribution in [0.5, 0.6) is 0 Å². The summed E-state index contributed by atoms with van der Waals surface area (Å²) in [6.07, 6.45) is 0.137. The lowest BCUT2D eigenvalue weighted by Gasteiger charge is -2.14. The summed E-state index contributed by atoms with van der Waals surface area (Å²) in [6.45, 7) is 4.73. The number of benzene rings is 1. The summed E-state index contributed by atoms with van der Waals surface area (Å²) in [5.41, 5.74) is 0.833. The zero-order valence-electron chi connectivity index (χ0n) is 11.7. The fraction of sp³-hybridized carbons (Fsp3) is 0.400. The average molecular weight is 274 g/mol. The molecule has 20 heavy (non-hydrogen) atoms. The molecule has 0 fully saturated rings. The summed E-state index contributed by atoms with van der Waals surface area (Å²) >= 11 is 0. The number of carbonyl (C=O) groups excluding carboxylic acids is 3. The minimum atomic E-state index is -0.317. The van der Waals surface area contributed by atoms with E-state index in [1.54, 1.807) is 24.3 Å². The number of imide groups is 1. The zero-order valence-corrected chi connectivity index (χ0v) is 11.7. The highest BCUT2D eigenvalue weighted by Gasteiger charge is 2.34. The molecule has 0 saturated carbocycles. The van der Waals surface area contributed by atoms with Gasteiger partial charge in [-0.15, -0.1) is 0 Å². The van der Waals surface area contributed by atoms with E-state index in [2.05, 4.69) is 5.32 Å². The van der Waals surface area contributed by atoms with Crippen LogP contribution in [0.2, 0.25) is 0 Å². The van der Waals surface area contributed by atoms with Gasteiger partial charge in [0.1, 0.15) is 0 Å². The van der Waals surface area contributed by atoms with Gasteiger partial charge < -0.3 is 5.32 Å². The summed E-state index contributed by atoms with van der Waals surface area (Å²) in [5.74, 6) is -0.405. The molecule has 106 valence electrons. The van der Waals surface area contributed by atoms with Gasteiger partial charge in [0.15, 0.2) is 0 Å². The van der Waals surface area contributed by atoms with Gasteiger partial charge in [0.2, 0.25) is 5.91 Å². The number of amides is 3. The maximum atomic E-state index is 12.1. The van der Waals surface area contributed by atoms with Crippen LogP contribution in [0, 0.1) is 5.92 Å². The average Bonchev–Trinajstić information content (AvgIpc) is 2.67. The largest absolute Gasteiger partial charge is 0.356 e. The fourth-order valence-electron chi connectivity index (χ4n) is 2.06. The van der Waals surface area contributed by atoms with Crippen molar-refractivity contribution in [1.82, 2.24) is 10.2 Å². The number of hydrogen-bond donors (Lipinski definition) is 1. The lowest BCUT2D eigenvalue weighted by Crippen LogP contribution is -2.35. The number of carbonyl (C=O) groups is 3. The molecular weight excluding hydrogens is 256 g/mol. The third-order valence-corrected chi connectivity index (χ3v) is 3.15. The van der Waals surface area contributed by atoms with Gasteiger partial charge in [0.05, 0.1) is 11.1 Å². The maximum Gasteiger partial charge on any atom is 0.261 e. The quantitative estimate of drug-likeness (QED) is 0.826. The second-order valence-corrected chi connectivity index (χ2v) is 5.26. The molecule has 0 spiro atoms. The van der Waals surface area contributed by atoms with E-state index >= 15 is 0 Å². The standard InChI is InChI=1S/C15H18N2O3/c1-10(2)9-16-13(18)7-8-17-14(19)11-5-3-4-6-12(11)15(17)20/h3-6,10H,7-9H2,1-2H3,(H,16,18). The number of fused-ring (bicyclic) bond motifs is 1. The van der Waals surface area contributed by atoms with E-state index in [-0.39, 0.29) is 30.7 Å². The summed E-state index contributed by atoms with van der Waals surface area (Å²) < 4.78 is 0. The van der Waals surface area contributed by atoms with Crippen LogP contribution in [-0.2, 0) is 4.79 Å². The van der Waals surface area contributed by atoms with Crippen molar-refractivity contribution < 1.29 is 14.4 Å². The lowest BCUT2D eigenvalue weighted by atomic mass is 10.1. The van der Waals surface area contributed by atoms with E-state index < -0.39 is 0 Å². The smallest absolute Gasteiger partial charge is 0.261 e. The van der Waals surface area contributed by atoms with Crippen molar-refractivity contribution in [2.24, 2.45) is 5.92 Å². The molecule has 0 radical (unpaired) electrons. The molecule has 1 N–H and O–H groups in total. The molecule has 0 aromatic heterocycles. The van der Waals surface area contributed by atoms with E-state index in [1.165, 1.54) is 0 Å². The van der Waals surface area contributed by atoms with Gasteiger partial charge >= 0.3 is 0 Å². The monoisotopic (exact) mass is 274 g/mol. The molecule has 0 bridgehead atoms. The van der Waals surface area contributed by atoms with Crippen molar-refractivity contribution in [1.29, 1.82) is 0 Å². The zero-order chi connectivity index (χ0) is 14.7. The predicted octanol–water partition coefficient (Wildman–Crippen LogP) is 1.44. The minimum Gasteiger partial charge on any atom is -0.356 e. The number of nitrogens with zero attached hydrogens (tertiary/aromatic N) is 1. The van der Waals surface area contributed by atoms with Gasteiger partial charge in [-0.25, -0.2) is 0 Å². The van der Waals surface area contributed by atoms with Crippen LogP contribution in [0.25, 0.3) is 0 Å². The van der Waals surface area contributed by atoms with Crippen LogP contribution in [0.4, 0.5) is 0 Å². The first-order chi connectivity index (χ1) is 9.50. The molecule has 1 aromatic rings. The Balaban J connectivity index is 1.94. The molecule has 3 amide bonds. The Labute approximate surface area is 118 Å². The minimum absolute atomic E-state index is 0.121. The SMILES string of the molecule is CC(C)CNC(=O)CCN1C(=O)c2ccccc2C1=O. The summed E-state index contributed by atoms with van der Waals surface area (Å²) in [7, 11) is 0. The number of hydrogen-bond acceptors (Lipinski definition) is 3. The molecule has 1 aromatic carbocycles. The lowest BCUT2D eigenvalue weighted by molar-refractivity contribution is -0.121. The highest BCUT2D eigenvalue weighted by atomic mass is 16.2. The van der Waals surface area contributed by atoms with E-state index in [9.17, 15) is 14.4 Å². The van der Waals surface area contributed by atoms with Crippen molar-refractivity contribution in [3.05, 3.63) is 35.4 Å².